The van der Waals surface area contributed by atoms with Crippen LogP contribution >= 0.6 is 0 Å². The Morgan fingerprint density at radius 1 is 0.857 bits per heavy atom. The van der Waals surface area contributed by atoms with Crippen LogP contribution in [0.25, 0.3) is 33.4 Å². The molecule has 0 aliphatic rings. The molecule has 0 aliphatic heterocycles. The van der Waals surface area contributed by atoms with Crippen LogP contribution in [-0.2, 0) is 16.6 Å². The third kappa shape index (κ3) is 4.72. The first-order valence-electron chi connectivity index (χ1n) is 10.9. The van der Waals surface area contributed by atoms with Gasteiger partial charge in [-0.3, -0.25) is 9.97 Å². The lowest BCUT2D eigenvalue weighted by Gasteiger charge is -2.14. The van der Waals surface area contributed by atoms with Crippen molar-refractivity contribution in [2.24, 2.45) is 0 Å². The Kier molecular flexibility index (Phi) is 6.17. The van der Waals surface area contributed by atoms with E-state index in [0.29, 0.717) is 23.8 Å². The molecule has 2 aromatic carbocycles. The molecule has 8 nitrogen and oxygen atoms in total. The number of nitrogens with zero attached hydrogens (tertiary/aromatic N) is 4. The second-order valence-corrected chi connectivity index (χ2v) is 9.64. The molecule has 0 unspecified atom stereocenters. The molecule has 0 aliphatic carbocycles. The quantitative estimate of drug-likeness (QED) is 0.356. The van der Waals surface area contributed by atoms with Crippen LogP contribution in [0.4, 0.5) is 5.82 Å². The summed E-state index contributed by atoms with van der Waals surface area (Å²) >= 11 is 0. The van der Waals surface area contributed by atoms with E-state index in [-0.39, 0.29) is 4.90 Å². The molecule has 3 aromatic heterocycles. The standard InChI is InChI=1S/C26H22N6O2S/c1-27-35(33,34)21-14-19(15-28-17-21)25-31-23-12-7-11-22(18-8-3-2-4-9-18)24(23)26(32-25)30-16-20-10-5-6-13-29-20/h2-15,17,27H,16H2,1H3,(H,30,31,32). The van der Waals surface area contributed by atoms with Gasteiger partial charge in [0.05, 0.1) is 23.1 Å². The van der Waals surface area contributed by atoms with Gasteiger partial charge in [0.2, 0.25) is 10.0 Å². The van der Waals surface area contributed by atoms with Crippen molar-refractivity contribution < 1.29 is 8.42 Å². The maximum absolute atomic E-state index is 12.3. The summed E-state index contributed by atoms with van der Waals surface area (Å²) in [6.07, 6.45) is 4.60. The average Bonchev–Trinajstić information content (AvgIpc) is 2.92. The molecular formula is C26H22N6O2S. The molecule has 0 saturated carbocycles. The molecule has 0 bridgehead atoms. The number of pyridine rings is 2. The molecule has 35 heavy (non-hydrogen) atoms. The van der Waals surface area contributed by atoms with Crippen LogP contribution < -0.4 is 10.0 Å². The first-order valence-corrected chi connectivity index (χ1v) is 12.4. The van der Waals surface area contributed by atoms with Gasteiger partial charge in [0, 0.05) is 24.2 Å². The van der Waals surface area contributed by atoms with E-state index in [4.69, 9.17) is 9.97 Å². The van der Waals surface area contributed by atoms with E-state index in [1.165, 1.54) is 19.3 Å². The van der Waals surface area contributed by atoms with Crippen molar-refractivity contribution in [3.05, 3.63) is 97.1 Å². The van der Waals surface area contributed by atoms with Crippen LogP contribution in [0.5, 0.6) is 0 Å². The minimum absolute atomic E-state index is 0.0437. The van der Waals surface area contributed by atoms with Crippen LogP contribution in [0, 0.1) is 0 Å². The molecule has 5 aromatic rings. The summed E-state index contributed by atoms with van der Waals surface area (Å²) in [4.78, 5) is 18.1. The summed E-state index contributed by atoms with van der Waals surface area (Å²) in [5, 5.41) is 4.28. The van der Waals surface area contributed by atoms with E-state index in [1.54, 1.807) is 12.4 Å². The van der Waals surface area contributed by atoms with Crippen molar-refractivity contribution in [2.75, 3.05) is 12.4 Å². The molecule has 0 radical (unpaired) electrons. The summed E-state index contributed by atoms with van der Waals surface area (Å²) in [5.41, 5.74) is 4.11. The van der Waals surface area contributed by atoms with Gasteiger partial charge in [-0.25, -0.2) is 23.1 Å². The maximum Gasteiger partial charge on any atom is 0.241 e. The Balaban J connectivity index is 1.68. The number of rotatable bonds is 7. The fraction of sp³-hybridized carbons (Fsp3) is 0.0769. The molecule has 9 heteroatoms. The van der Waals surface area contributed by atoms with Crippen molar-refractivity contribution in [1.82, 2.24) is 24.7 Å². The summed E-state index contributed by atoms with van der Waals surface area (Å²) in [6.45, 7) is 0.460. The van der Waals surface area contributed by atoms with Gasteiger partial charge >= 0.3 is 0 Å². The van der Waals surface area contributed by atoms with Crippen molar-refractivity contribution >= 4 is 26.7 Å². The van der Waals surface area contributed by atoms with Crippen LogP contribution in [0.1, 0.15) is 5.69 Å². The van der Waals surface area contributed by atoms with Gasteiger partial charge in [-0.2, -0.15) is 0 Å². The summed E-state index contributed by atoms with van der Waals surface area (Å²) < 4.78 is 26.9. The number of anilines is 1. The second-order valence-electron chi connectivity index (χ2n) is 7.75. The zero-order valence-corrected chi connectivity index (χ0v) is 19.7. The lowest BCUT2D eigenvalue weighted by molar-refractivity contribution is 0.588. The third-order valence-electron chi connectivity index (χ3n) is 5.52. The summed E-state index contributed by atoms with van der Waals surface area (Å²) in [6, 6.07) is 23.2. The Hall–Kier alpha value is -4.21. The first kappa shape index (κ1) is 22.6. The van der Waals surface area contributed by atoms with Gasteiger partial charge in [-0.05, 0) is 42.4 Å². The molecule has 0 amide bonds. The number of benzene rings is 2. The largest absolute Gasteiger partial charge is 0.364 e. The highest BCUT2D eigenvalue weighted by molar-refractivity contribution is 7.89. The zero-order chi connectivity index (χ0) is 24.3. The predicted molar refractivity (Wildman–Crippen MR) is 136 cm³/mol. The fourth-order valence-electron chi connectivity index (χ4n) is 3.78. The Bertz CT molecular complexity index is 1590. The Morgan fingerprint density at radius 2 is 1.69 bits per heavy atom. The highest BCUT2D eigenvalue weighted by Crippen LogP contribution is 2.34. The predicted octanol–water partition coefficient (Wildman–Crippen LogP) is 4.27. The number of hydrogen-bond donors (Lipinski definition) is 2. The molecule has 174 valence electrons. The Labute approximate surface area is 203 Å². The first-order chi connectivity index (χ1) is 17.0. The minimum Gasteiger partial charge on any atom is -0.364 e. The average molecular weight is 483 g/mol. The minimum atomic E-state index is -3.66. The number of aromatic nitrogens is 4. The van der Waals surface area contributed by atoms with Gasteiger partial charge in [-0.15, -0.1) is 0 Å². The summed E-state index contributed by atoms with van der Waals surface area (Å²) in [7, 11) is -2.30. The van der Waals surface area contributed by atoms with E-state index >= 15 is 0 Å². The van der Waals surface area contributed by atoms with E-state index in [9.17, 15) is 8.42 Å². The van der Waals surface area contributed by atoms with Crippen molar-refractivity contribution in [3.8, 4) is 22.5 Å². The lowest BCUT2D eigenvalue weighted by atomic mass is 10.0. The van der Waals surface area contributed by atoms with Crippen LogP contribution in [-0.4, -0.2) is 35.4 Å². The van der Waals surface area contributed by atoms with E-state index in [1.807, 2.05) is 66.7 Å². The van der Waals surface area contributed by atoms with E-state index in [0.717, 1.165) is 27.7 Å². The molecule has 2 N–H and O–H groups in total. The number of hydrogen-bond acceptors (Lipinski definition) is 7. The van der Waals surface area contributed by atoms with Gasteiger partial charge in [0.25, 0.3) is 0 Å². The zero-order valence-electron chi connectivity index (χ0n) is 18.9. The molecule has 5 rings (SSSR count). The van der Waals surface area contributed by atoms with E-state index < -0.39 is 10.0 Å². The van der Waals surface area contributed by atoms with Gasteiger partial charge < -0.3 is 5.32 Å². The lowest BCUT2D eigenvalue weighted by Crippen LogP contribution is -2.18. The summed E-state index contributed by atoms with van der Waals surface area (Å²) in [5.74, 6) is 0.990. The SMILES string of the molecule is CNS(=O)(=O)c1cncc(-c2nc(NCc3ccccn3)c3c(-c4ccccc4)cccc3n2)c1. The normalized spacial score (nSPS) is 11.5. The van der Waals surface area contributed by atoms with Crippen LogP contribution in [0.15, 0.2) is 96.3 Å². The maximum atomic E-state index is 12.3. The number of nitrogens with one attached hydrogen (secondary N) is 2. The highest BCUT2D eigenvalue weighted by Gasteiger charge is 2.17. The van der Waals surface area contributed by atoms with E-state index in [2.05, 4.69) is 20.0 Å². The van der Waals surface area contributed by atoms with Crippen molar-refractivity contribution in [2.45, 2.75) is 11.4 Å². The van der Waals surface area contributed by atoms with Gasteiger partial charge in [0.1, 0.15) is 10.7 Å². The molecule has 0 atom stereocenters. The molecule has 3 heterocycles. The van der Waals surface area contributed by atoms with Crippen molar-refractivity contribution in [3.63, 3.8) is 0 Å². The van der Waals surface area contributed by atoms with Gasteiger partial charge in [0.15, 0.2) is 5.82 Å². The second kappa shape index (κ2) is 9.57. The smallest absolute Gasteiger partial charge is 0.241 e. The molecular weight excluding hydrogens is 460 g/mol. The molecule has 0 saturated heterocycles. The fourth-order valence-corrected chi connectivity index (χ4v) is 4.50. The number of sulfonamides is 1. The third-order valence-corrected chi connectivity index (χ3v) is 6.90. The highest BCUT2D eigenvalue weighted by atomic mass is 32.2. The van der Waals surface area contributed by atoms with Gasteiger partial charge in [-0.1, -0.05) is 48.5 Å². The molecule has 0 spiro atoms. The molecule has 0 fully saturated rings. The number of fused-ring (bicyclic) bond motifs is 1. The monoisotopic (exact) mass is 482 g/mol. The van der Waals surface area contributed by atoms with Crippen molar-refractivity contribution in [1.29, 1.82) is 0 Å². The van der Waals surface area contributed by atoms with Crippen LogP contribution in [0.2, 0.25) is 0 Å². The topological polar surface area (TPSA) is 110 Å². The van der Waals surface area contributed by atoms with Crippen LogP contribution in [0.3, 0.4) is 0 Å². The Morgan fingerprint density at radius 3 is 2.46 bits per heavy atom.